The highest BCUT2D eigenvalue weighted by atomic mass is 19.4. The normalized spacial score (nSPS) is 13.4. The lowest BCUT2D eigenvalue weighted by Gasteiger charge is -2.17. The maximum absolute atomic E-state index is 12.2. The number of carboxylic acid groups (broad SMARTS) is 1. The third-order valence-electron chi connectivity index (χ3n) is 2.36. The van der Waals surface area contributed by atoms with E-state index in [0.29, 0.717) is 0 Å². The van der Waals surface area contributed by atoms with Crippen LogP contribution in [-0.4, -0.2) is 33.1 Å². The van der Waals surface area contributed by atoms with Crippen LogP contribution >= 0.6 is 0 Å². The summed E-state index contributed by atoms with van der Waals surface area (Å²) in [5.74, 6) is -1.14. The Kier molecular flexibility index (Phi) is 3.88. The number of nitrogens with one attached hydrogen (secondary N) is 1. The minimum atomic E-state index is -4.30. The van der Waals surface area contributed by atoms with Gasteiger partial charge in [-0.05, 0) is 13.8 Å². The summed E-state index contributed by atoms with van der Waals surface area (Å²) in [6.07, 6.45) is -5.35. The van der Waals surface area contributed by atoms with Crippen LogP contribution in [0.2, 0.25) is 0 Å². The minimum Gasteiger partial charge on any atom is -0.477 e. The molecule has 1 rings (SSSR count). The van der Waals surface area contributed by atoms with Crippen molar-refractivity contribution >= 4 is 11.8 Å². The van der Waals surface area contributed by atoms with E-state index in [1.54, 1.807) is 0 Å². The number of alkyl halides is 3. The fraction of sp³-hybridized carbons (Fsp3) is 0.600. The quantitative estimate of drug-likeness (QED) is 0.875. The second-order valence-electron chi connectivity index (χ2n) is 4.10. The summed E-state index contributed by atoms with van der Waals surface area (Å²) >= 11 is 0. The van der Waals surface area contributed by atoms with Crippen LogP contribution in [0.15, 0.2) is 0 Å². The molecule has 0 bridgehead atoms. The molecule has 8 heteroatoms. The SMILES string of the molecule is Cc1nn(C)c(NC(C)CC(F)(F)F)c1C(=O)O. The van der Waals surface area contributed by atoms with Gasteiger partial charge in [0.1, 0.15) is 11.4 Å². The van der Waals surface area contributed by atoms with Crippen LogP contribution < -0.4 is 5.32 Å². The van der Waals surface area contributed by atoms with Crippen molar-refractivity contribution in [2.45, 2.75) is 32.5 Å². The van der Waals surface area contributed by atoms with E-state index in [2.05, 4.69) is 10.4 Å². The first-order chi connectivity index (χ1) is 8.11. The van der Waals surface area contributed by atoms with Crippen LogP contribution in [0, 0.1) is 6.92 Å². The Morgan fingerprint density at radius 2 is 2.11 bits per heavy atom. The molecule has 0 amide bonds. The number of carbonyl (C=O) groups is 1. The average Bonchev–Trinajstić information content (AvgIpc) is 2.37. The van der Waals surface area contributed by atoms with E-state index in [1.807, 2.05) is 0 Å². The number of carboxylic acids is 1. The molecular formula is C10H14F3N3O2. The molecular weight excluding hydrogens is 251 g/mol. The van der Waals surface area contributed by atoms with Crippen LogP contribution in [0.4, 0.5) is 19.0 Å². The number of rotatable bonds is 4. The van der Waals surface area contributed by atoms with Crippen LogP contribution in [0.1, 0.15) is 29.4 Å². The maximum Gasteiger partial charge on any atom is 0.391 e. The fourth-order valence-corrected chi connectivity index (χ4v) is 1.71. The molecule has 1 aromatic heterocycles. The zero-order valence-electron chi connectivity index (χ0n) is 10.2. The van der Waals surface area contributed by atoms with Crippen molar-refractivity contribution in [2.24, 2.45) is 7.05 Å². The lowest BCUT2D eigenvalue weighted by atomic mass is 10.2. The molecule has 2 N–H and O–H groups in total. The van der Waals surface area contributed by atoms with Crippen molar-refractivity contribution in [1.29, 1.82) is 0 Å². The zero-order chi connectivity index (χ0) is 14.1. The molecule has 0 aromatic carbocycles. The zero-order valence-corrected chi connectivity index (χ0v) is 10.2. The Morgan fingerprint density at radius 3 is 2.56 bits per heavy atom. The molecule has 0 aliphatic rings. The summed E-state index contributed by atoms with van der Waals surface area (Å²) in [4.78, 5) is 11.0. The maximum atomic E-state index is 12.2. The van der Waals surface area contributed by atoms with E-state index in [4.69, 9.17) is 5.11 Å². The van der Waals surface area contributed by atoms with Crippen LogP contribution in [0.25, 0.3) is 0 Å². The Bertz CT molecular complexity index is 454. The summed E-state index contributed by atoms with van der Waals surface area (Å²) in [5.41, 5.74) is 0.151. The van der Waals surface area contributed by atoms with Crippen LogP contribution in [0.3, 0.4) is 0 Å². The van der Waals surface area contributed by atoms with Gasteiger partial charge in [-0.25, -0.2) is 4.79 Å². The summed E-state index contributed by atoms with van der Waals surface area (Å²) in [6.45, 7) is 2.82. The first-order valence-corrected chi connectivity index (χ1v) is 5.22. The molecule has 1 aromatic rings. The van der Waals surface area contributed by atoms with Gasteiger partial charge in [-0.1, -0.05) is 0 Å². The Labute approximate surface area is 102 Å². The number of aromatic carboxylic acids is 1. The minimum absolute atomic E-state index is 0.0803. The van der Waals surface area contributed by atoms with E-state index >= 15 is 0 Å². The second kappa shape index (κ2) is 4.87. The highest BCUT2D eigenvalue weighted by molar-refractivity contribution is 5.94. The number of aryl methyl sites for hydroxylation is 2. The molecule has 1 unspecified atom stereocenters. The molecule has 0 radical (unpaired) electrons. The molecule has 0 fully saturated rings. The van der Waals surface area contributed by atoms with Gasteiger partial charge in [0, 0.05) is 13.1 Å². The van der Waals surface area contributed by atoms with Gasteiger partial charge in [0.05, 0.1) is 12.1 Å². The predicted octanol–water partition coefficient (Wildman–Crippen LogP) is 2.18. The summed E-state index contributed by atoms with van der Waals surface area (Å²) < 4.78 is 37.8. The van der Waals surface area contributed by atoms with Gasteiger partial charge in [-0.2, -0.15) is 18.3 Å². The van der Waals surface area contributed by atoms with E-state index in [-0.39, 0.29) is 17.1 Å². The molecule has 0 aliphatic carbocycles. The fourth-order valence-electron chi connectivity index (χ4n) is 1.71. The Hall–Kier alpha value is -1.73. The molecule has 0 saturated carbocycles. The van der Waals surface area contributed by atoms with Gasteiger partial charge in [-0.3, -0.25) is 4.68 Å². The topological polar surface area (TPSA) is 67.2 Å². The molecule has 1 heterocycles. The first kappa shape index (κ1) is 14.3. The highest BCUT2D eigenvalue weighted by Gasteiger charge is 2.31. The van der Waals surface area contributed by atoms with Gasteiger partial charge in [-0.15, -0.1) is 0 Å². The number of hydrogen-bond donors (Lipinski definition) is 2. The van der Waals surface area contributed by atoms with Crippen molar-refractivity contribution in [3.05, 3.63) is 11.3 Å². The number of halogens is 3. The van der Waals surface area contributed by atoms with Gasteiger partial charge in [0.25, 0.3) is 0 Å². The monoisotopic (exact) mass is 265 g/mol. The summed E-state index contributed by atoms with van der Waals surface area (Å²) in [7, 11) is 1.47. The van der Waals surface area contributed by atoms with Crippen LogP contribution in [0.5, 0.6) is 0 Å². The van der Waals surface area contributed by atoms with E-state index in [9.17, 15) is 18.0 Å². The number of hydrogen-bond acceptors (Lipinski definition) is 3. The molecule has 1 atom stereocenters. The largest absolute Gasteiger partial charge is 0.477 e. The van der Waals surface area contributed by atoms with Crippen molar-refractivity contribution in [3.63, 3.8) is 0 Å². The Balaban J connectivity index is 2.94. The third kappa shape index (κ3) is 3.38. The van der Waals surface area contributed by atoms with Gasteiger partial charge >= 0.3 is 12.1 Å². The van der Waals surface area contributed by atoms with Gasteiger partial charge < -0.3 is 10.4 Å². The third-order valence-corrected chi connectivity index (χ3v) is 2.36. The van der Waals surface area contributed by atoms with Crippen molar-refractivity contribution in [3.8, 4) is 0 Å². The lowest BCUT2D eigenvalue weighted by Crippen LogP contribution is -2.25. The van der Waals surface area contributed by atoms with Crippen molar-refractivity contribution in [2.75, 3.05) is 5.32 Å². The molecule has 18 heavy (non-hydrogen) atoms. The Morgan fingerprint density at radius 1 is 1.56 bits per heavy atom. The molecule has 0 aliphatic heterocycles. The average molecular weight is 265 g/mol. The smallest absolute Gasteiger partial charge is 0.391 e. The predicted molar refractivity (Wildman–Crippen MR) is 58.7 cm³/mol. The molecule has 0 spiro atoms. The van der Waals surface area contributed by atoms with E-state index < -0.39 is 24.6 Å². The number of aromatic nitrogens is 2. The van der Waals surface area contributed by atoms with E-state index in [0.717, 1.165) is 0 Å². The standard InChI is InChI=1S/C10H14F3N3O2/c1-5(4-10(11,12)13)14-8-7(9(17)18)6(2)15-16(8)3/h5,14H,4H2,1-3H3,(H,17,18). The van der Waals surface area contributed by atoms with E-state index in [1.165, 1.54) is 25.6 Å². The molecule has 0 saturated heterocycles. The number of anilines is 1. The van der Waals surface area contributed by atoms with Crippen molar-refractivity contribution < 1.29 is 23.1 Å². The first-order valence-electron chi connectivity index (χ1n) is 5.22. The second-order valence-corrected chi connectivity index (χ2v) is 4.10. The number of nitrogens with zero attached hydrogens (tertiary/aromatic N) is 2. The van der Waals surface area contributed by atoms with Gasteiger partial charge in [0.15, 0.2) is 0 Å². The molecule has 102 valence electrons. The van der Waals surface area contributed by atoms with Crippen LogP contribution in [-0.2, 0) is 7.05 Å². The summed E-state index contributed by atoms with van der Waals surface area (Å²) in [6, 6.07) is -0.933. The molecule has 5 nitrogen and oxygen atoms in total. The summed E-state index contributed by atoms with van der Waals surface area (Å²) in [5, 5.41) is 15.4. The van der Waals surface area contributed by atoms with Gasteiger partial charge in [0.2, 0.25) is 0 Å². The highest BCUT2D eigenvalue weighted by Crippen LogP contribution is 2.25. The van der Waals surface area contributed by atoms with Crippen molar-refractivity contribution in [1.82, 2.24) is 9.78 Å². The lowest BCUT2D eigenvalue weighted by molar-refractivity contribution is -0.136.